The molecule has 1 rings (SSSR count). The lowest BCUT2D eigenvalue weighted by Crippen LogP contribution is -2.16. The van der Waals surface area contributed by atoms with E-state index in [1.165, 1.54) is 6.07 Å². The molecule has 1 aromatic rings. The number of halogens is 3. The SMILES string of the molecule is CC(C)CC(F)(F)c1cccc(CCCl)c1. The van der Waals surface area contributed by atoms with E-state index in [1.807, 2.05) is 6.07 Å². The van der Waals surface area contributed by atoms with Gasteiger partial charge in [-0.15, -0.1) is 11.6 Å². The van der Waals surface area contributed by atoms with Gasteiger partial charge in [-0.1, -0.05) is 32.0 Å². The highest BCUT2D eigenvalue weighted by atomic mass is 35.5. The van der Waals surface area contributed by atoms with Crippen LogP contribution < -0.4 is 0 Å². The summed E-state index contributed by atoms with van der Waals surface area (Å²) in [5.74, 6) is -2.30. The van der Waals surface area contributed by atoms with Crippen molar-refractivity contribution in [2.75, 3.05) is 5.88 Å². The molecule has 0 radical (unpaired) electrons. The van der Waals surface area contributed by atoms with Crippen molar-refractivity contribution in [3.8, 4) is 0 Å². The lowest BCUT2D eigenvalue weighted by atomic mass is 9.97. The van der Waals surface area contributed by atoms with Gasteiger partial charge in [0.05, 0.1) is 0 Å². The Hall–Kier alpha value is -0.630. The van der Waals surface area contributed by atoms with Crippen LogP contribution in [-0.2, 0) is 12.3 Å². The molecule has 0 N–H and O–H groups in total. The second-order valence-electron chi connectivity index (χ2n) is 4.44. The van der Waals surface area contributed by atoms with Gasteiger partial charge >= 0.3 is 0 Å². The molecule has 0 aliphatic heterocycles. The minimum Gasteiger partial charge on any atom is -0.201 e. The second kappa shape index (κ2) is 5.62. The van der Waals surface area contributed by atoms with Crippen LogP contribution in [0.2, 0.25) is 0 Å². The molecule has 0 aliphatic rings. The largest absolute Gasteiger partial charge is 0.273 e. The molecular formula is C13H17ClF2. The number of rotatable bonds is 5. The standard InChI is InChI=1S/C13H17ClF2/c1-10(2)9-13(15,16)12-5-3-4-11(8-12)6-7-14/h3-5,8,10H,6-7,9H2,1-2H3. The molecule has 3 heteroatoms. The molecule has 0 nitrogen and oxygen atoms in total. The summed E-state index contributed by atoms with van der Waals surface area (Å²) in [5, 5.41) is 0. The van der Waals surface area contributed by atoms with Gasteiger partial charge in [0.15, 0.2) is 0 Å². The molecule has 90 valence electrons. The van der Waals surface area contributed by atoms with E-state index in [1.54, 1.807) is 26.0 Å². The van der Waals surface area contributed by atoms with Crippen molar-refractivity contribution < 1.29 is 8.78 Å². The molecule has 0 unspecified atom stereocenters. The highest BCUT2D eigenvalue weighted by Crippen LogP contribution is 2.34. The van der Waals surface area contributed by atoms with Crippen molar-refractivity contribution in [2.24, 2.45) is 5.92 Å². The molecule has 0 heterocycles. The Morgan fingerprint density at radius 3 is 2.56 bits per heavy atom. The van der Waals surface area contributed by atoms with E-state index in [2.05, 4.69) is 0 Å². The third kappa shape index (κ3) is 3.75. The fraction of sp³-hybridized carbons (Fsp3) is 0.538. The van der Waals surface area contributed by atoms with E-state index in [0.29, 0.717) is 12.3 Å². The molecule has 0 spiro atoms. The van der Waals surface area contributed by atoms with Gasteiger partial charge in [-0.05, 0) is 24.0 Å². The third-order valence-electron chi connectivity index (χ3n) is 2.40. The van der Waals surface area contributed by atoms with Gasteiger partial charge in [0.2, 0.25) is 0 Å². The average molecular weight is 247 g/mol. The maximum Gasteiger partial charge on any atom is 0.273 e. The van der Waals surface area contributed by atoms with Crippen molar-refractivity contribution in [3.63, 3.8) is 0 Å². The van der Waals surface area contributed by atoms with E-state index < -0.39 is 5.92 Å². The van der Waals surface area contributed by atoms with Gasteiger partial charge in [0.1, 0.15) is 0 Å². The van der Waals surface area contributed by atoms with Crippen LogP contribution in [0, 0.1) is 5.92 Å². The second-order valence-corrected chi connectivity index (χ2v) is 4.82. The van der Waals surface area contributed by atoms with E-state index in [-0.39, 0.29) is 17.9 Å². The van der Waals surface area contributed by atoms with Crippen LogP contribution in [-0.4, -0.2) is 5.88 Å². The van der Waals surface area contributed by atoms with E-state index in [4.69, 9.17) is 11.6 Å². The normalized spacial score (nSPS) is 12.1. The summed E-state index contributed by atoms with van der Waals surface area (Å²) >= 11 is 5.60. The van der Waals surface area contributed by atoms with Crippen LogP contribution in [0.4, 0.5) is 8.78 Å². The maximum atomic E-state index is 13.8. The predicted octanol–water partition coefficient (Wildman–Crippen LogP) is 4.61. The van der Waals surface area contributed by atoms with Crippen LogP contribution in [0.1, 0.15) is 31.4 Å². The zero-order valence-corrected chi connectivity index (χ0v) is 10.4. The molecule has 0 atom stereocenters. The average Bonchev–Trinajstić information content (AvgIpc) is 2.16. The lowest BCUT2D eigenvalue weighted by molar-refractivity contribution is -0.0249. The first-order valence-electron chi connectivity index (χ1n) is 5.49. The number of alkyl halides is 3. The molecule has 0 fully saturated rings. The molecule has 0 aromatic heterocycles. The van der Waals surface area contributed by atoms with Gasteiger partial charge in [-0.2, -0.15) is 0 Å². The predicted molar refractivity (Wildman–Crippen MR) is 64.2 cm³/mol. The molecule has 0 saturated carbocycles. The first-order chi connectivity index (χ1) is 7.45. The maximum absolute atomic E-state index is 13.8. The summed E-state index contributed by atoms with van der Waals surface area (Å²) in [7, 11) is 0. The molecule has 0 saturated heterocycles. The van der Waals surface area contributed by atoms with Crippen LogP contribution in [0.15, 0.2) is 24.3 Å². The minimum absolute atomic E-state index is 0.0216. The number of hydrogen-bond donors (Lipinski definition) is 0. The Balaban J connectivity index is 2.89. The number of hydrogen-bond acceptors (Lipinski definition) is 0. The van der Waals surface area contributed by atoms with E-state index >= 15 is 0 Å². The summed E-state index contributed by atoms with van der Waals surface area (Å²) in [6.45, 7) is 3.60. The molecule has 1 aromatic carbocycles. The van der Waals surface area contributed by atoms with Crippen molar-refractivity contribution in [3.05, 3.63) is 35.4 Å². The van der Waals surface area contributed by atoms with Gasteiger partial charge in [-0.25, -0.2) is 8.78 Å². The van der Waals surface area contributed by atoms with Gasteiger partial charge in [0.25, 0.3) is 5.92 Å². The molecule has 0 bridgehead atoms. The van der Waals surface area contributed by atoms with Crippen LogP contribution in [0.5, 0.6) is 0 Å². The fourth-order valence-corrected chi connectivity index (χ4v) is 1.91. The van der Waals surface area contributed by atoms with Crippen LogP contribution in [0.3, 0.4) is 0 Å². The Labute approximate surface area is 101 Å². The first-order valence-corrected chi connectivity index (χ1v) is 6.02. The van der Waals surface area contributed by atoms with Crippen LogP contribution >= 0.6 is 11.6 Å². The highest BCUT2D eigenvalue weighted by Gasteiger charge is 2.32. The third-order valence-corrected chi connectivity index (χ3v) is 2.59. The lowest BCUT2D eigenvalue weighted by Gasteiger charge is -2.19. The number of benzene rings is 1. The zero-order valence-electron chi connectivity index (χ0n) is 9.64. The smallest absolute Gasteiger partial charge is 0.201 e. The first kappa shape index (κ1) is 13.4. The summed E-state index contributed by atoms with van der Waals surface area (Å²) in [6, 6.07) is 6.55. The van der Waals surface area contributed by atoms with Crippen molar-refractivity contribution in [1.29, 1.82) is 0 Å². The Kier molecular flexibility index (Phi) is 4.72. The monoisotopic (exact) mass is 246 g/mol. The minimum atomic E-state index is -2.74. The Morgan fingerprint density at radius 1 is 1.31 bits per heavy atom. The quantitative estimate of drug-likeness (QED) is 0.666. The van der Waals surface area contributed by atoms with Crippen LogP contribution in [0.25, 0.3) is 0 Å². The highest BCUT2D eigenvalue weighted by molar-refractivity contribution is 6.17. The van der Waals surface area contributed by atoms with Crippen molar-refractivity contribution in [1.82, 2.24) is 0 Å². The Morgan fingerprint density at radius 2 is 2.00 bits per heavy atom. The fourth-order valence-electron chi connectivity index (χ4n) is 1.69. The molecule has 16 heavy (non-hydrogen) atoms. The number of aryl methyl sites for hydroxylation is 1. The van der Waals surface area contributed by atoms with Gasteiger partial charge in [-0.3, -0.25) is 0 Å². The molecule has 0 amide bonds. The topological polar surface area (TPSA) is 0 Å². The van der Waals surface area contributed by atoms with Gasteiger partial charge in [0, 0.05) is 17.9 Å². The zero-order chi connectivity index (χ0) is 12.2. The van der Waals surface area contributed by atoms with Crippen molar-refractivity contribution >= 4 is 11.6 Å². The Bertz CT molecular complexity index is 334. The summed E-state index contributed by atoms with van der Waals surface area (Å²) in [6.07, 6.45) is 0.518. The van der Waals surface area contributed by atoms with Gasteiger partial charge < -0.3 is 0 Å². The van der Waals surface area contributed by atoms with E-state index in [0.717, 1.165) is 5.56 Å². The molecular weight excluding hydrogens is 230 g/mol. The molecule has 0 aliphatic carbocycles. The van der Waals surface area contributed by atoms with Crippen molar-refractivity contribution in [2.45, 2.75) is 32.6 Å². The van der Waals surface area contributed by atoms with E-state index in [9.17, 15) is 8.78 Å². The summed E-state index contributed by atoms with van der Waals surface area (Å²) in [5.41, 5.74) is 0.972. The summed E-state index contributed by atoms with van der Waals surface area (Å²) < 4.78 is 27.6. The summed E-state index contributed by atoms with van der Waals surface area (Å²) in [4.78, 5) is 0.